The van der Waals surface area contributed by atoms with Crippen molar-refractivity contribution < 1.29 is 14.0 Å². The quantitative estimate of drug-likeness (QED) is 0.618. The van der Waals surface area contributed by atoms with Crippen molar-refractivity contribution in [3.05, 3.63) is 66.7 Å². The van der Waals surface area contributed by atoms with E-state index >= 15 is 0 Å². The molecule has 120 valence electrons. The molecule has 0 N–H and O–H groups in total. The van der Waals surface area contributed by atoms with E-state index in [4.69, 9.17) is 9.47 Å². The largest absolute Gasteiger partial charge is 0.497 e. The van der Waals surface area contributed by atoms with Crippen molar-refractivity contribution in [1.82, 2.24) is 0 Å². The number of rotatable bonds is 5. The third-order valence-corrected chi connectivity index (χ3v) is 4.49. The summed E-state index contributed by atoms with van der Waals surface area (Å²) in [5.74, 6) is 1.60. The van der Waals surface area contributed by atoms with Gasteiger partial charge in [0.2, 0.25) is 0 Å². The highest BCUT2D eigenvalue weighted by atomic mass is 31.1. The van der Waals surface area contributed by atoms with Crippen LogP contribution in [0.1, 0.15) is 0 Å². The Labute approximate surface area is 143 Å². The van der Waals surface area contributed by atoms with Crippen molar-refractivity contribution in [2.24, 2.45) is 0 Å². The lowest BCUT2D eigenvalue weighted by Crippen LogP contribution is -2.00. The van der Waals surface area contributed by atoms with Crippen molar-refractivity contribution in [3.63, 3.8) is 0 Å². The number of ether oxygens (including phenoxy) is 2. The van der Waals surface area contributed by atoms with Crippen molar-refractivity contribution in [1.29, 1.82) is 0 Å². The molecular formula is C20H17O3P. The fraction of sp³-hybridized carbons (Fsp3) is 0.100. The Morgan fingerprint density at radius 1 is 0.708 bits per heavy atom. The highest BCUT2D eigenvalue weighted by Crippen LogP contribution is 2.34. The highest BCUT2D eigenvalue weighted by molar-refractivity contribution is 7.34. The van der Waals surface area contributed by atoms with Gasteiger partial charge in [0.25, 0.3) is 0 Å². The Bertz CT molecular complexity index is 840. The van der Waals surface area contributed by atoms with Gasteiger partial charge in [-0.2, -0.15) is 0 Å². The maximum atomic E-state index is 11.7. The summed E-state index contributed by atoms with van der Waals surface area (Å²) >= 11 is 0. The molecule has 3 aromatic rings. The molecule has 0 heterocycles. The molecule has 0 saturated carbocycles. The average Bonchev–Trinajstić information content (AvgIpc) is 2.67. The summed E-state index contributed by atoms with van der Waals surface area (Å²) in [5.41, 5.74) is 4.04. The van der Waals surface area contributed by atoms with Gasteiger partial charge in [-0.3, -0.25) is 4.57 Å². The summed E-state index contributed by atoms with van der Waals surface area (Å²) in [6.07, 6.45) is 0. The molecule has 0 atom stereocenters. The van der Waals surface area contributed by atoms with Gasteiger partial charge < -0.3 is 9.47 Å². The van der Waals surface area contributed by atoms with Crippen molar-refractivity contribution in [3.8, 4) is 33.8 Å². The van der Waals surface area contributed by atoms with E-state index in [1.54, 1.807) is 14.2 Å². The summed E-state index contributed by atoms with van der Waals surface area (Å²) < 4.78 is 22.1. The van der Waals surface area contributed by atoms with E-state index in [2.05, 4.69) is 0 Å². The standard InChI is InChI=1S/C20H17O3P/c1-22-16-10-6-14(7-11-16)18-4-3-5-19(24-21)20(18)15-8-12-17(23-2)13-9-15/h3-13H,1-2H3. The van der Waals surface area contributed by atoms with Crippen LogP contribution in [0.2, 0.25) is 0 Å². The molecule has 4 heteroatoms. The van der Waals surface area contributed by atoms with Gasteiger partial charge in [-0.15, -0.1) is 0 Å². The fourth-order valence-electron chi connectivity index (χ4n) is 2.69. The molecule has 0 fully saturated rings. The molecule has 0 spiro atoms. The van der Waals surface area contributed by atoms with E-state index in [9.17, 15) is 4.57 Å². The van der Waals surface area contributed by atoms with Crippen LogP contribution in [-0.4, -0.2) is 14.2 Å². The molecule has 24 heavy (non-hydrogen) atoms. The van der Waals surface area contributed by atoms with E-state index in [1.165, 1.54) is 0 Å². The molecule has 0 amide bonds. The summed E-state index contributed by atoms with van der Waals surface area (Å²) in [6, 6.07) is 21.5. The van der Waals surface area contributed by atoms with Crippen LogP contribution in [-0.2, 0) is 4.57 Å². The topological polar surface area (TPSA) is 35.5 Å². The Morgan fingerprint density at radius 2 is 1.25 bits per heavy atom. The number of methoxy groups -OCH3 is 2. The molecule has 3 aromatic carbocycles. The highest BCUT2D eigenvalue weighted by Gasteiger charge is 2.13. The Balaban J connectivity index is 2.16. The zero-order valence-electron chi connectivity index (χ0n) is 13.5. The van der Waals surface area contributed by atoms with Gasteiger partial charge in [0.05, 0.1) is 19.5 Å². The average molecular weight is 336 g/mol. The van der Waals surface area contributed by atoms with Crippen LogP contribution in [0.15, 0.2) is 66.7 Å². The second-order valence-electron chi connectivity index (χ2n) is 5.25. The van der Waals surface area contributed by atoms with E-state index in [1.807, 2.05) is 66.7 Å². The van der Waals surface area contributed by atoms with E-state index in [0.717, 1.165) is 39.1 Å². The zero-order chi connectivity index (χ0) is 16.9. The third-order valence-electron chi connectivity index (χ3n) is 3.92. The fourth-order valence-corrected chi connectivity index (χ4v) is 3.18. The summed E-state index contributed by atoms with van der Waals surface area (Å²) in [5, 5.41) is 0.758. The Hall–Kier alpha value is -2.64. The maximum absolute atomic E-state index is 11.7. The maximum Gasteiger partial charge on any atom is 0.192 e. The predicted molar refractivity (Wildman–Crippen MR) is 97.7 cm³/mol. The van der Waals surface area contributed by atoms with E-state index < -0.39 is 0 Å². The van der Waals surface area contributed by atoms with Gasteiger partial charge in [0.15, 0.2) is 8.46 Å². The van der Waals surface area contributed by atoms with Crippen LogP contribution in [0, 0.1) is 0 Å². The van der Waals surface area contributed by atoms with E-state index in [0.29, 0.717) is 0 Å². The second kappa shape index (κ2) is 7.29. The SMILES string of the molecule is COc1ccc(-c2cccc(P=O)c2-c2ccc(OC)cc2)cc1. The smallest absolute Gasteiger partial charge is 0.192 e. The first-order valence-electron chi connectivity index (χ1n) is 7.52. The molecule has 0 aliphatic heterocycles. The van der Waals surface area contributed by atoms with Crippen molar-refractivity contribution in [2.75, 3.05) is 14.2 Å². The summed E-state index contributed by atoms with van der Waals surface area (Å²) in [7, 11) is 3.29. The second-order valence-corrected chi connectivity index (χ2v) is 5.91. The van der Waals surface area contributed by atoms with Gasteiger partial charge in [0.1, 0.15) is 11.5 Å². The van der Waals surface area contributed by atoms with Gasteiger partial charge in [-0.05, 0) is 47.0 Å². The van der Waals surface area contributed by atoms with Crippen molar-refractivity contribution in [2.45, 2.75) is 0 Å². The van der Waals surface area contributed by atoms with Gasteiger partial charge >= 0.3 is 0 Å². The first kappa shape index (κ1) is 16.2. The minimum atomic E-state index is -0.00213. The minimum absolute atomic E-state index is 0.00213. The normalized spacial score (nSPS) is 10.6. The van der Waals surface area contributed by atoms with Crippen LogP contribution in [0.4, 0.5) is 0 Å². The first-order valence-corrected chi connectivity index (χ1v) is 8.33. The lowest BCUT2D eigenvalue weighted by Gasteiger charge is -2.13. The number of hydrogen-bond acceptors (Lipinski definition) is 3. The Kier molecular flexibility index (Phi) is 4.93. The van der Waals surface area contributed by atoms with Crippen LogP contribution < -0.4 is 14.8 Å². The predicted octanol–water partition coefficient (Wildman–Crippen LogP) is 4.95. The van der Waals surface area contributed by atoms with Gasteiger partial charge in [-0.1, -0.05) is 36.4 Å². The van der Waals surface area contributed by atoms with E-state index in [-0.39, 0.29) is 8.46 Å². The Morgan fingerprint density at radius 3 is 1.75 bits per heavy atom. The first-order chi connectivity index (χ1) is 11.8. The molecule has 0 aliphatic rings. The summed E-state index contributed by atoms with van der Waals surface area (Å²) in [6.45, 7) is 0. The number of hydrogen-bond donors (Lipinski definition) is 0. The van der Waals surface area contributed by atoms with Crippen LogP contribution in [0.5, 0.6) is 11.5 Å². The van der Waals surface area contributed by atoms with Crippen LogP contribution in [0.25, 0.3) is 22.3 Å². The molecular weight excluding hydrogens is 319 g/mol. The van der Waals surface area contributed by atoms with Gasteiger partial charge in [-0.25, -0.2) is 0 Å². The minimum Gasteiger partial charge on any atom is -0.497 e. The molecule has 0 aliphatic carbocycles. The molecule has 0 aromatic heterocycles. The van der Waals surface area contributed by atoms with Crippen molar-refractivity contribution >= 4 is 13.8 Å². The molecule has 0 bridgehead atoms. The molecule has 0 radical (unpaired) electrons. The summed E-state index contributed by atoms with van der Waals surface area (Å²) in [4.78, 5) is 0. The molecule has 3 nitrogen and oxygen atoms in total. The van der Waals surface area contributed by atoms with Crippen LogP contribution >= 0.6 is 8.46 Å². The third kappa shape index (κ3) is 3.17. The monoisotopic (exact) mass is 336 g/mol. The van der Waals surface area contributed by atoms with Crippen LogP contribution in [0.3, 0.4) is 0 Å². The zero-order valence-corrected chi connectivity index (χ0v) is 14.4. The van der Waals surface area contributed by atoms with Gasteiger partial charge in [0, 0.05) is 5.56 Å². The molecule has 0 saturated heterocycles. The lowest BCUT2D eigenvalue weighted by molar-refractivity contribution is 0.414. The number of benzene rings is 3. The lowest BCUT2D eigenvalue weighted by atomic mass is 9.94. The molecule has 3 rings (SSSR count). The molecule has 0 unspecified atom stereocenters.